The van der Waals surface area contributed by atoms with Gasteiger partial charge in [0.05, 0.1) is 0 Å². The van der Waals surface area contributed by atoms with Gasteiger partial charge in [-0.3, -0.25) is 4.99 Å². The van der Waals surface area contributed by atoms with Crippen LogP contribution in [0.1, 0.15) is 18.9 Å². The van der Waals surface area contributed by atoms with Gasteiger partial charge in [-0.2, -0.15) is 8.78 Å². The minimum absolute atomic E-state index is 0.0620. The van der Waals surface area contributed by atoms with Crippen LogP contribution in [-0.4, -0.2) is 32.5 Å². The molecule has 23 heavy (non-hydrogen) atoms. The van der Waals surface area contributed by atoms with E-state index < -0.39 is 6.61 Å². The highest BCUT2D eigenvalue weighted by molar-refractivity contribution is 5.80. The first kappa shape index (κ1) is 15.6. The van der Waals surface area contributed by atoms with E-state index in [0.717, 1.165) is 6.42 Å². The van der Waals surface area contributed by atoms with E-state index in [-0.39, 0.29) is 19.1 Å². The lowest BCUT2D eigenvalue weighted by atomic mass is 10.1. The fourth-order valence-corrected chi connectivity index (χ4v) is 2.38. The molecule has 126 valence electrons. The summed E-state index contributed by atoms with van der Waals surface area (Å²) in [7, 11) is 1.67. The molecule has 1 saturated carbocycles. The summed E-state index contributed by atoms with van der Waals surface area (Å²) in [5, 5.41) is 6.37. The van der Waals surface area contributed by atoms with Crippen molar-refractivity contribution in [3.63, 3.8) is 0 Å². The van der Waals surface area contributed by atoms with E-state index in [2.05, 4.69) is 27.3 Å². The molecule has 2 unspecified atom stereocenters. The van der Waals surface area contributed by atoms with Crippen LogP contribution in [-0.2, 0) is 6.54 Å². The van der Waals surface area contributed by atoms with Crippen LogP contribution in [0.5, 0.6) is 17.2 Å². The number of guanidine groups is 1. The Morgan fingerprint density at radius 2 is 2.09 bits per heavy atom. The second kappa shape index (κ2) is 6.47. The van der Waals surface area contributed by atoms with E-state index in [1.807, 2.05) is 0 Å². The predicted octanol–water partition coefficient (Wildman–Crippen LogP) is 2.09. The molecular weight excluding hydrogens is 308 g/mol. The topological polar surface area (TPSA) is 64.1 Å². The Bertz CT molecular complexity index is 610. The van der Waals surface area contributed by atoms with Crippen molar-refractivity contribution in [2.24, 2.45) is 10.9 Å². The number of alkyl halides is 2. The molecule has 3 rings (SSSR count). The molecule has 0 spiro atoms. The highest BCUT2D eigenvalue weighted by Crippen LogP contribution is 2.38. The number of hydrogen-bond donors (Lipinski definition) is 2. The zero-order valence-electron chi connectivity index (χ0n) is 12.9. The predicted molar refractivity (Wildman–Crippen MR) is 80.1 cm³/mol. The van der Waals surface area contributed by atoms with Crippen LogP contribution >= 0.6 is 0 Å². The standard InChI is InChI=1S/C15H19F2N3O3/c1-8-3-10(8)20-15(18-2)19-6-9-4-12-13(22-7-21-12)5-11(9)23-14(16)17/h4-5,8,10,14H,3,6-7H2,1-2H3,(H2,18,19,20). The van der Waals surface area contributed by atoms with Gasteiger partial charge in [0.15, 0.2) is 17.5 Å². The Morgan fingerprint density at radius 3 is 2.70 bits per heavy atom. The number of ether oxygens (including phenoxy) is 3. The van der Waals surface area contributed by atoms with E-state index in [4.69, 9.17) is 9.47 Å². The average Bonchev–Trinajstić information content (AvgIpc) is 3.01. The maximum atomic E-state index is 12.6. The van der Waals surface area contributed by atoms with Crippen molar-refractivity contribution in [2.75, 3.05) is 13.8 Å². The maximum absolute atomic E-state index is 12.6. The molecule has 1 aliphatic carbocycles. The Balaban J connectivity index is 1.70. The van der Waals surface area contributed by atoms with E-state index in [1.165, 1.54) is 6.07 Å². The summed E-state index contributed by atoms with van der Waals surface area (Å²) >= 11 is 0. The van der Waals surface area contributed by atoms with Crippen molar-refractivity contribution in [3.8, 4) is 17.2 Å². The minimum atomic E-state index is -2.90. The quantitative estimate of drug-likeness (QED) is 0.640. The Labute approximate surface area is 132 Å². The van der Waals surface area contributed by atoms with Crippen LogP contribution in [0.2, 0.25) is 0 Å². The third kappa shape index (κ3) is 3.75. The number of nitrogens with zero attached hydrogens (tertiary/aromatic N) is 1. The van der Waals surface area contributed by atoms with Gasteiger partial charge in [0.25, 0.3) is 0 Å². The molecule has 1 fully saturated rings. The largest absolute Gasteiger partial charge is 0.454 e. The first-order valence-electron chi connectivity index (χ1n) is 7.41. The van der Waals surface area contributed by atoms with Crippen LogP contribution in [0, 0.1) is 5.92 Å². The van der Waals surface area contributed by atoms with Gasteiger partial charge >= 0.3 is 6.61 Å². The smallest absolute Gasteiger partial charge is 0.387 e. The van der Waals surface area contributed by atoms with E-state index in [9.17, 15) is 8.78 Å². The molecule has 0 bridgehead atoms. The molecule has 1 aromatic rings. The molecule has 8 heteroatoms. The fraction of sp³-hybridized carbons (Fsp3) is 0.533. The fourth-order valence-electron chi connectivity index (χ4n) is 2.38. The maximum Gasteiger partial charge on any atom is 0.387 e. The summed E-state index contributed by atoms with van der Waals surface area (Å²) in [4.78, 5) is 4.13. The van der Waals surface area contributed by atoms with Gasteiger partial charge in [-0.15, -0.1) is 0 Å². The lowest BCUT2D eigenvalue weighted by Crippen LogP contribution is -2.38. The number of rotatable bonds is 5. The SMILES string of the molecule is CN=C(NCc1cc2c(cc1OC(F)F)OCO2)NC1CC1C. The van der Waals surface area contributed by atoms with Gasteiger partial charge in [0.2, 0.25) is 6.79 Å². The number of fused-ring (bicyclic) bond motifs is 1. The Morgan fingerprint density at radius 1 is 1.39 bits per heavy atom. The molecule has 0 aromatic heterocycles. The summed E-state index contributed by atoms with van der Waals surface area (Å²) < 4.78 is 40.2. The zero-order valence-corrected chi connectivity index (χ0v) is 12.9. The van der Waals surface area contributed by atoms with E-state index >= 15 is 0 Å². The molecule has 2 atom stereocenters. The van der Waals surface area contributed by atoms with Gasteiger partial charge in [0.1, 0.15) is 5.75 Å². The number of benzene rings is 1. The second-order valence-corrected chi connectivity index (χ2v) is 5.58. The summed E-state index contributed by atoms with van der Waals surface area (Å²) in [5.41, 5.74) is 0.543. The van der Waals surface area contributed by atoms with Crippen molar-refractivity contribution in [1.82, 2.24) is 10.6 Å². The van der Waals surface area contributed by atoms with E-state index in [1.54, 1.807) is 13.1 Å². The summed E-state index contributed by atoms with van der Waals surface area (Å²) in [6.07, 6.45) is 1.10. The van der Waals surface area contributed by atoms with E-state index in [0.29, 0.717) is 35.0 Å². The normalized spacial score (nSPS) is 22.2. The number of nitrogens with one attached hydrogen (secondary N) is 2. The van der Waals surface area contributed by atoms with Crippen molar-refractivity contribution in [3.05, 3.63) is 17.7 Å². The molecule has 1 heterocycles. The third-order valence-corrected chi connectivity index (χ3v) is 3.87. The highest BCUT2D eigenvalue weighted by Gasteiger charge is 2.33. The minimum Gasteiger partial charge on any atom is -0.454 e. The lowest BCUT2D eigenvalue weighted by Gasteiger charge is -2.15. The molecular formula is C15H19F2N3O3. The van der Waals surface area contributed by atoms with Crippen LogP contribution in [0.4, 0.5) is 8.78 Å². The highest BCUT2D eigenvalue weighted by atomic mass is 19.3. The lowest BCUT2D eigenvalue weighted by molar-refractivity contribution is -0.0505. The van der Waals surface area contributed by atoms with Crippen molar-refractivity contribution in [2.45, 2.75) is 32.5 Å². The summed E-state index contributed by atoms with van der Waals surface area (Å²) in [5.74, 6) is 2.23. The van der Waals surface area contributed by atoms with Gasteiger partial charge < -0.3 is 24.8 Å². The van der Waals surface area contributed by atoms with Gasteiger partial charge in [-0.05, 0) is 18.4 Å². The average molecular weight is 327 g/mol. The van der Waals surface area contributed by atoms with Gasteiger partial charge in [0, 0.05) is 31.3 Å². The van der Waals surface area contributed by atoms with Crippen molar-refractivity contribution >= 4 is 5.96 Å². The number of aliphatic imine (C=N–C) groups is 1. The summed E-state index contributed by atoms with van der Waals surface area (Å²) in [6, 6.07) is 3.47. The molecule has 2 aliphatic rings. The molecule has 0 amide bonds. The molecule has 2 N–H and O–H groups in total. The third-order valence-electron chi connectivity index (χ3n) is 3.87. The van der Waals surface area contributed by atoms with Crippen LogP contribution in [0.15, 0.2) is 17.1 Å². The second-order valence-electron chi connectivity index (χ2n) is 5.58. The van der Waals surface area contributed by atoms with Gasteiger partial charge in [-0.25, -0.2) is 0 Å². The monoisotopic (exact) mass is 327 g/mol. The van der Waals surface area contributed by atoms with Crippen LogP contribution in [0.3, 0.4) is 0 Å². The first-order valence-corrected chi connectivity index (χ1v) is 7.41. The van der Waals surface area contributed by atoms with Gasteiger partial charge in [-0.1, -0.05) is 6.92 Å². The van der Waals surface area contributed by atoms with Crippen molar-refractivity contribution < 1.29 is 23.0 Å². The van der Waals surface area contributed by atoms with Crippen molar-refractivity contribution in [1.29, 1.82) is 0 Å². The van der Waals surface area contributed by atoms with Crippen LogP contribution < -0.4 is 24.8 Å². The summed E-state index contributed by atoms with van der Waals surface area (Å²) in [6.45, 7) is -0.404. The number of hydrogen-bond acceptors (Lipinski definition) is 4. The Hall–Kier alpha value is -2.25. The molecule has 1 aromatic carbocycles. The molecule has 1 aliphatic heterocycles. The Kier molecular flexibility index (Phi) is 4.40. The zero-order chi connectivity index (χ0) is 16.4. The first-order chi connectivity index (χ1) is 11.1. The molecule has 0 radical (unpaired) electrons. The van der Waals surface area contributed by atoms with Crippen LogP contribution in [0.25, 0.3) is 0 Å². The number of halogens is 2. The molecule has 6 nitrogen and oxygen atoms in total. The molecule has 0 saturated heterocycles.